The fourth-order valence-corrected chi connectivity index (χ4v) is 5.01. The first-order chi connectivity index (χ1) is 15.7. The molecule has 1 saturated heterocycles. The molecule has 1 aliphatic rings. The monoisotopic (exact) mass is 447 g/mol. The van der Waals surface area contributed by atoms with Gasteiger partial charge < -0.3 is 9.47 Å². The van der Waals surface area contributed by atoms with Crippen LogP contribution >= 0.6 is 11.3 Å². The maximum Gasteiger partial charge on any atom is 0.266 e. The number of rotatable bonds is 7. The van der Waals surface area contributed by atoms with Crippen LogP contribution in [0.25, 0.3) is 26.5 Å². The van der Waals surface area contributed by atoms with E-state index >= 15 is 0 Å². The number of ether oxygens (including phenoxy) is 2. The summed E-state index contributed by atoms with van der Waals surface area (Å²) in [5.74, 6) is 1.30. The molecule has 1 fully saturated rings. The van der Waals surface area contributed by atoms with Crippen molar-refractivity contribution in [3.63, 3.8) is 0 Å². The molecule has 0 N–H and O–H groups in total. The lowest BCUT2D eigenvalue weighted by Crippen LogP contribution is -2.25. The van der Waals surface area contributed by atoms with Gasteiger partial charge in [-0.2, -0.15) is 0 Å². The van der Waals surface area contributed by atoms with E-state index in [4.69, 9.17) is 9.47 Å². The van der Waals surface area contributed by atoms with Crippen molar-refractivity contribution in [2.75, 3.05) is 33.4 Å². The molecule has 7 heteroatoms. The van der Waals surface area contributed by atoms with E-state index in [1.54, 1.807) is 17.7 Å². The molecule has 3 heterocycles. The zero-order valence-corrected chi connectivity index (χ0v) is 18.8. The van der Waals surface area contributed by atoms with Gasteiger partial charge in [0.15, 0.2) is 16.5 Å². The molecule has 1 aliphatic heterocycles. The molecule has 6 nitrogen and oxygen atoms in total. The van der Waals surface area contributed by atoms with Gasteiger partial charge in [0.2, 0.25) is 0 Å². The molecule has 0 bridgehead atoms. The first kappa shape index (κ1) is 20.7. The minimum atomic E-state index is -0.0989. The summed E-state index contributed by atoms with van der Waals surface area (Å²) in [4.78, 5) is 21.9. The number of hydrogen-bond donors (Lipinski definition) is 0. The fraction of sp³-hybridized carbons (Fsp3) is 0.280. The van der Waals surface area contributed by atoms with Gasteiger partial charge in [0.25, 0.3) is 5.56 Å². The maximum atomic E-state index is 13.2. The highest BCUT2D eigenvalue weighted by Crippen LogP contribution is 2.32. The fourth-order valence-electron chi connectivity index (χ4n) is 4.06. The Hall–Kier alpha value is -3.16. The van der Waals surface area contributed by atoms with Crippen LogP contribution in [0.2, 0.25) is 0 Å². The van der Waals surface area contributed by atoms with Crippen LogP contribution in [0.5, 0.6) is 11.5 Å². The van der Waals surface area contributed by atoms with Crippen LogP contribution < -0.4 is 15.0 Å². The van der Waals surface area contributed by atoms with Crippen molar-refractivity contribution < 1.29 is 9.47 Å². The Balaban J connectivity index is 1.41. The van der Waals surface area contributed by atoms with E-state index in [9.17, 15) is 4.79 Å². The Morgan fingerprint density at radius 2 is 1.84 bits per heavy atom. The number of hydrogen-bond acceptors (Lipinski definition) is 6. The van der Waals surface area contributed by atoms with E-state index in [1.165, 1.54) is 24.2 Å². The second-order valence-electron chi connectivity index (χ2n) is 7.85. The predicted octanol–water partition coefficient (Wildman–Crippen LogP) is 4.57. The minimum absolute atomic E-state index is 0.0989. The van der Waals surface area contributed by atoms with E-state index in [2.05, 4.69) is 9.88 Å². The Bertz CT molecular complexity index is 1280. The van der Waals surface area contributed by atoms with E-state index in [0.717, 1.165) is 35.6 Å². The lowest BCUT2D eigenvalue weighted by atomic mass is 10.1. The van der Waals surface area contributed by atoms with Crippen molar-refractivity contribution in [2.24, 2.45) is 0 Å². The Morgan fingerprint density at radius 1 is 1.03 bits per heavy atom. The normalized spacial score (nSPS) is 14.2. The molecule has 4 aromatic rings. The molecule has 0 aliphatic carbocycles. The van der Waals surface area contributed by atoms with Crippen LogP contribution in [-0.4, -0.2) is 47.6 Å². The molecule has 32 heavy (non-hydrogen) atoms. The third-order valence-corrected chi connectivity index (χ3v) is 6.85. The Kier molecular flexibility index (Phi) is 5.92. The van der Waals surface area contributed by atoms with Gasteiger partial charge in [0.1, 0.15) is 6.61 Å². The summed E-state index contributed by atoms with van der Waals surface area (Å²) in [6.45, 7) is 3.82. The molecule has 0 spiro atoms. The molecule has 164 valence electrons. The topological polar surface area (TPSA) is 56.1 Å². The molecule has 0 saturated carbocycles. The van der Waals surface area contributed by atoms with E-state index in [1.807, 2.05) is 54.7 Å². The van der Waals surface area contributed by atoms with Gasteiger partial charge in [-0.05, 0) is 49.2 Å². The summed E-state index contributed by atoms with van der Waals surface area (Å²) in [5, 5.41) is 0. The van der Waals surface area contributed by atoms with E-state index in [0.29, 0.717) is 28.6 Å². The molecule has 0 atom stereocenters. The molecule has 0 unspecified atom stereocenters. The average molecular weight is 448 g/mol. The number of likely N-dealkylation sites (tertiary alicyclic amines) is 1. The molecule has 5 rings (SSSR count). The average Bonchev–Trinajstić information content (AvgIpc) is 3.51. The smallest absolute Gasteiger partial charge is 0.266 e. The summed E-state index contributed by atoms with van der Waals surface area (Å²) in [6, 6.07) is 15.6. The first-order valence-electron chi connectivity index (χ1n) is 10.8. The largest absolute Gasteiger partial charge is 0.493 e. The van der Waals surface area contributed by atoms with Crippen molar-refractivity contribution in [1.29, 1.82) is 0 Å². The Labute approximate surface area is 190 Å². The van der Waals surface area contributed by atoms with Gasteiger partial charge in [-0.3, -0.25) is 14.1 Å². The van der Waals surface area contributed by atoms with Crippen LogP contribution in [0.4, 0.5) is 0 Å². The van der Waals surface area contributed by atoms with Gasteiger partial charge in [0.05, 0.1) is 17.6 Å². The predicted molar refractivity (Wildman–Crippen MR) is 128 cm³/mol. The van der Waals surface area contributed by atoms with Crippen molar-refractivity contribution in [1.82, 2.24) is 14.3 Å². The van der Waals surface area contributed by atoms with Crippen LogP contribution in [0.15, 0.2) is 65.7 Å². The summed E-state index contributed by atoms with van der Waals surface area (Å²) in [7, 11) is 1.62. The zero-order chi connectivity index (χ0) is 21.9. The lowest BCUT2D eigenvalue weighted by molar-refractivity contribution is 0.230. The van der Waals surface area contributed by atoms with Crippen LogP contribution in [0.1, 0.15) is 12.8 Å². The lowest BCUT2D eigenvalue weighted by Gasteiger charge is -2.16. The van der Waals surface area contributed by atoms with Gasteiger partial charge in [0, 0.05) is 18.9 Å². The van der Waals surface area contributed by atoms with Crippen molar-refractivity contribution >= 4 is 16.3 Å². The summed E-state index contributed by atoms with van der Waals surface area (Å²) in [5.41, 5.74) is 2.26. The number of nitrogens with zero attached hydrogens (tertiary/aromatic N) is 3. The minimum Gasteiger partial charge on any atom is -0.493 e. The molecule has 2 aromatic carbocycles. The second-order valence-corrected chi connectivity index (χ2v) is 8.86. The quantitative estimate of drug-likeness (QED) is 0.415. The van der Waals surface area contributed by atoms with Gasteiger partial charge >= 0.3 is 0 Å². The van der Waals surface area contributed by atoms with Crippen molar-refractivity contribution in [3.05, 3.63) is 71.3 Å². The number of benzene rings is 2. The van der Waals surface area contributed by atoms with Crippen molar-refractivity contribution in [3.8, 4) is 33.1 Å². The number of aromatic nitrogens is 2. The summed E-state index contributed by atoms with van der Waals surface area (Å²) < 4.78 is 13.1. The third kappa shape index (κ3) is 4.13. The Morgan fingerprint density at radius 3 is 2.62 bits per heavy atom. The van der Waals surface area contributed by atoms with E-state index in [-0.39, 0.29) is 5.56 Å². The van der Waals surface area contributed by atoms with E-state index < -0.39 is 0 Å². The molecule has 0 radical (unpaired) electrons. The van der Waals surface area contributed by atoms with Gasteiger partial charge in [-0.1, -0.05) is 47.7 Å². The van der Waals surface area contributed by atoms with Crippen LogP contribution in [-0.2, 0) is 0 Å². The summed E-state index contributed by atoms with van der Waals surface area (Å²) in [6.07, 6.45) is 6.04. The number of methoxy groups -OCH3 is 1. The highest BCUT2D eigenvalue weighted by molar-refractivity contribution is 7.20. The van der Waals surface area contributed by atoms with Gasteiger partial charge in [-0.15, -0.1) is 0 Å². The number of fused-ring (bicyclic) bond motifs is 1. The highest BCUT2D eigenvalue weighted by Gasteiger charge is 2.15. The summed E-state index contributed by atoms with van der Waals surface area (Å²) >= 11 is 1.50. The molecular weight excluding hydrogens is 422 g/mol. The van der Waals surface area contributed by atoms with Crippen LogP contribution in [0.3, 0.4) is 0 Å². The first-order valence-corrected chi connectivity index (χ1v) is 11.6. The highest BCUT2D eigenvalue weighted by atomic mass is 32.1. The number of thiazole rings is 1. The van der Waals surface area contributed by atoms with Crippen molar-refractivity contribution in [2.45, 2.75) is 12.8 Å². The maximum absolute atomic E-state index is 13.2. The SMILES string of the molecule is COc1cc(-c2cnc3sc(-c4ccccc4)cn3c2=O)ccc1OCCN1CCCC1. The second kappa shape index (κ2) is 9.14. The molecular formula is C25H25N3O3S. The van der Waals surface area contributed by atoms with Gasteiger partial charge in [-0.25, -0.2) is 4.98 Å². The standard InChI is InChI=1S/C25H25N3O3S/c1-30-22-15-19(9-10-21(22)31-14-13-27-11-5-6-12-27)20-16-26-25-28(24(20)29)17-23(32-25)18-7-3-2-4-8-18/h2-4,7-10,15-17H,5-6,11-14H2,1H3. The molecule has 0 amide bonds. The third-order valence-electron chi connectivity index (χ3n) is 5.80. The molecule has 2 aromatic heterocycles. The zero-order valence-electron chi connectivity index (χ0n) is 18.0. The van der Waals surface area contributed by atoms with Crippen LogP contribution in [0, 0.1) is 0 Å².